The van der Waals surface area contributed by atoms with E-state index in [4.69, 9.17) is 11.6 Å². The van der Waals surface area contributed by atoms with Gasteiger partial charge in [0.1, 0.15) is 0 Å². The Morgan fingerprint density at radius 3 is 2.67 bits per heavy atom. The minimum absolute atomic E-state index is 0.573. The molecule has 2 heteroatoms. The van der Waals surface area contributed by atoms with Gasteiger partial charge >= 0.3 is 0 Å². The Morgan fingerprint density at radius 2 is 1.92 bits per heavy atom. The van der Waals surface area contributed by atoms with Crippen molar-refractivity contribution in [1.29, 1.82) is 0 Å². The zero-order chi connectivity index (χ0) is 16.5. The van der Waals surface area contributed by atoms with Gasteiger partial charge in [0, 0.05) is 23.7 Å². The van der Waals surface area contributed by atoms with Crippen molar-refractivity contribution in [2.75, 3.05) is 0 Å². The first-order chi connectivity index (χ1) is 11.7. The minimum Gasteiger partial charge on any atom is -0.289 e. The fourth-order valence-corrected chi connectivity index (χ4v) is 4.33. The van der Waals surface area contributed by atoms with Gasteiger partial charge < -0.3 is 0 Å². The highest BCUT2D eigenvalue weighted by Crippen LogP contribution is 2.38. The Balaban J connectivity index is 1.61. The summed E-state index contributed by atoms with van der Waals surface area (Å²) >= 11 is 6.20. The van der Waals surface area contributed by atoms with Crippen LogP contribution in [0.5, 0.6) is 0 Å². The van der Waals surface area contributed by atoms with Crippen molar-refractivity contribution in [3.05, 3.63) is 76.3 Å². The van der Waals surface area contributed by atoms with E-state index in [1.54, 1.807) is 0 Å². The molecular weight excluding hydrogens is 314 g/mol. The molecule has 0 N–H and O–H groups in total. The fourth-order valence-electron chi connectivity index (χ4n) is 4.22. The molecular formula is C22H24ClN. The van der Waals surface area contributed by atoms with Crippen molar-refractivity contribution < 1.29 is 0 Å². The summed E-state index contributed by atoms with van der Waals surface area (Å²) in [5.74, 6) is 0. The average molecular weight is 338 g/mol. The Hall–Kier alpha value is -1.57. The molecule has 2 aromatic carbocycles. The Kier molecular flexibility index (Phi) is 4.47. The molecule has 0 amide bonds. The summed E-state index contributed by atoms with van der Waals surface area (Å²) in [6, 6.07) is 18.6. The molecule has 0 aromatic heterocycles. The standard InChI is InChI=1S/C22H24ClN/c1-16-12-18(10-11-22(16)23)19-13-20-8-5-9-21(14-19)24(20)15-17-6-3-2-4-7-17/h2-4,6-7,10-13,20-21H,5,8-9,14-15H2,1H3. The lowest BCUT2D eigenvalue weighted by molar-refractivity contribution is 0.0951. The van der Waals surface area contributed by atoms with E-state index in [2.05, 4.69) is 60.4 Å². The lowest BCUT2D eigenvalue weighted by atomic mass is 9.82. The zero-order valence-corrected chi connectivity index (χ0v) is 15.0. The van der Waals surface area contributed by atoms with Crippen LogP contribution in [0.4, 0.5) is 0 Å². The van der Waals surface area contributed by atoms with Crippen LogP contribution in [-0.2, 0) is 6.54 Å². The quantitative estimate of drug-likeness (QED) is 0.678. The number of hydrogen-bond donors (Lipinski definition) is 0. The van der Waals surface area contributed by atoms with Crippen molar-refractivity contribution in [3.63, 3.8) is 0 Å². The van der Waals surface area contributed by atoms with Crippen molar-refractivity contribution in [3.8, 4) is 0 Å². The van der Waals surface area contributed by atoms with E-state index in [-0.39, 0.29) is 0 Å². The maximum Gasteiger partial charge on any atom is 0.0435 e. The molecule has 2 atom stereocenters. The Morgan fingerprint density at radius 1 is 1.08 bits per heavy atom. The molecule has 2 aromatic rings. The second kappa shape index (κ2) is 6.74. The van der Waals surface area contributed by atoms with Crippen LogP contribution >= 0.6 is 11.6 Å². The molecule has 1 saturated heterocycles. The molecule has 1 nitrogen and oxygen atoms in total. The number of piperidine rings is 1. The van der Waals surface area contributed by atoms with E-state index in [0.29, 0.717) is 12.1 Å². The van der Waals surface area contributed by atoms with E-state index >= 15 is 0 Å². The van der Waals surface area contributed by atoms with Crippen LogP contribution < -0.4 is 0 Å². The van der Waals surface area contributed by atoms with Crippen molar-refractivity contribution in [1.82, 2.24) is 4.90 Å². The number of nitrogens with zero attached hydrogens (tertiary/aromatic N) is 1. The van der Waals surface area contributed by atoms with Gasteiger partial charge in [0.05, 0.1) is 0 Å². The summed E-state index contributed by atoms with van der Waals surface area (Å²) in [6.45, 7) is 3.16. The predicted octanol–water partition coefficient (Wildman–Crippen LogP) is 5.86. The maximum atomic E-state index is 6.20. The molecule has 2 aliphatic rings. The highest BCUT2D eigenvalue weighted by Gasteiger charge is 2.34. The van der Waals surface area contributed by atoms with Gasteiger partial charge in [-0.05, 0) is 54.5 Å². The van der Waals surface area contributed by atoms with Crippen LogP contribution in [0.1, 0.15) is 42.4 Å². The van der Waals surface area contributed by atoms with E-state index in [9.17, 15) is 0 Å². The summed E-state index contributed by atoms with van der Waals surface area (Å²) in [4.78, 5) is 2.71. The fraction of sp³-hybridized carbons (Fsp3) is 0.364. The summed E-state index contributed by atoms with van der Waals surface area (Å²) in [5.41, 5.74) is 5.46. The molecule has 2 heterocycles. The van der Waals surface area contributed by atoms with Crippen LogP contribution in [0, 0.1) is 6.92 Å². The van der Waals surface area contributed by atoms with Gasteiger partial charge in [-0.2, -0.15) is 0 Å². The summed E-state index contributed by atoms with van der Waals surface area (Å²) in [6.07, 6.45) is 7.61. The van der Waals surface area contributed by atoms with Crippen LogP contribution in [0.25, 0.3) is 5.57 Å². The summed E-state index contributed by atoms with van der Waals surface area (Å²) < 4.78 is 0. The first kappa shape index (κ1) is 15.9. The SMILES string of the molecule is Cc1cc(C2=CC3CCCC(C2)N3Cc2ccccc2)ccc1Cl. The number of benzene rings is 2. The molecule has 0 spiro atoms. The average Bonchev–Trinajstić information content (AvgIpc) is 2.58. The molecule has 0 saturated carbocycles. The number of halogens is 1. The molecule has 0 radical (unpaired) electrons. The molecule has 124 valence electrons. The molecule has 2 aliphatic heterocycles. The number of aryl methyl sites for hydroxylation is 1. The monoisotopic (exact) mass is 337 g/mol. The van der Waals surface area contributed by atoms with Gasteiger partial charge in [0.25, 0.3) is 0 Å². The lowest BCUT2D eigenvalue weighted by Gasteiger charge is -2.45. The van der Waals surface area contributed by atoms with Gasteiger partial charge in [0.2, 0.25) is 0 Å². The Bertz CT molecular complexity index is 750. The third-order valence-corrected chi connectivity index (χ3v) is 5.94. The topological polar surface area (TPSA) is 3.24 Å². The maximum absolute atomic E-state index is 6.20. The number of hydrogen-bond acceptors (Lipinski definition) is 1. The van der Waals surface area contributed by atoms with Gasteiger partial charge in [-0.25, -0.2) is 0 Å². The smallest absolute Gasteiger partial charge is 0.0435 e. The third kappa shape index (κ3) is 3.16. The van der Waals surface area contributed by atoms with Crippen molar-refractivity contribution in [2.45, 2.75) is 51.2 Å². The third-order valence-electron chi connectivity index (χ3n) is 5.52. The predicted molar refractivity (Wildman–Crippen MR) is 102 cm³/mol. The van der Waals surface area contributed by atoms with Gasteiger partial charge in [-0.1, -0.05) is 66.6 Å². The van der Waals surface area contributed by atoms with E-state index < -0.39 is 0 Å². The van der Waals surface area contributed by atoms with Crippen LogP contribution in [-0.4, -0.2) is 17.0 Å². The first-order valence-corrected chi connectivity index (χ1v) is 9.35. The largest absolute Gasteiger partial charge is 0.289 e. The molecule has 2 unspecified atom stereocenters. The highest BCUT2D eigenvalue weighted by atomic mass is 35.5. The van der Waals surface area contributed by atoms with Crippen molar-refractivity contribution in [2.24, 2.45) is 0 Å². The highest BCUT2D eigenvalue weighted by molar-refractivity contribution is 6.31. The molecule has 2 bridgehead atoms. The normalized spacial score (nSPS) is 23.8. The van der Waals surface area contributed by atoms with Gasteiger partial charge in [-0.3, -0.25) is 4.90 Å². The van der Waals surface area contributed by atoms with Crippen LogP contribution in [0.3, 0.4) is 0 Å². The van der Waals surface area contributed by atoms with E-state index in [1.807, 2.05) is 6.07 Å². The van der Waals surface area contributed by atoms with Crippen LogP contribution in [0.2, 0.25) is 5.02 Å². The van der Waals surface area contributed by atoms with Gasteiger partial charge in [0.15, 0.2) is 0 Å². The summed E-state index contributed by atoms with van der Waals surface area (Å²) in [5, 5.41) is 0.862. The number of fused-ring (bicyclic) bond motifs is 2. The van der Waals surface area contributed by atoms with Crippen LogP contribution in [0.15, 0.2) is 54.6 Å². The second-order valence-electron chi connectivity index (χ2n) is 7.17. The Labute approximate surface area is 149 Å². The number of rotatable bonds is 3. The summed E-state index contributed by atoms with van der Waals surface area (Å²) in [7, 11) is 0. The first-order valence-electron chi connectivity index (χ1n) is 8.97. The lowest BCUT2D eigenvalue weighted by Crippen LogP contribution is -2.47. The molecule has 24 heavy (non-hydrogen) atoms. The minimum atomic E-state index is 0.573. The van der Waals surface area contributed by atoms with E-state index in [1.165, 1.54) is 41.5 Å². The molecule has 0 aliphatic carbocycles. The zero-order valence-electron chi connectivity index (χ0n) is 14.2. The van der Waals surface area contributed by atoms with E-state index in [0.717, 1.165) is 18.0 Å². The molecule has 1 fully saturated rings. The van der Waals surface area contributed by atoms with Gasteiger partial charge in [-0.15, -0.1) is 0 Å². The second-order valence-corrected chi connectivity index (χ2v) is 7.58. The molecule has 4 rings (SSSR count). The van der Waals surface area contributed by atoms with Crippen molar-refractivity contribution >= 4 is 17.2 Å².